The molecular formula is C21H21F2N5O3. The number of tetrazole rings is 1. The van der Waals surface area contributed by atoms with Crippen molar-refractivity contribution in [3.8, 4) is 5.75 Å². The molecule has 0 spiro atoms. The molecule has 1 amide bonds. The van der Waals surface area contributed by atoms with Crippen molar-refractivity contribution in [3.05, 3.63) is 71.6 Å². The molecule has 1 aliphatic rings. The molecule has 0 radical (unpaired) electrons. The summed E-state index contributed by atoms with van der Waals surface area (Å²) in [7, 11) is 0. The quantitative estimate of drug-likeness (QED) is 0.618. The van der Waals surface area contributed by atoms with Gasteiger partial charge in [0.25, 0.3) is 5.91 Å². The monoisotopic (exact) mass is 429 g/mol. The Morgan fingerprint density at radius 1 is 1.23 bits per heavy atom. The zero-order valence-electron chi connectivity index (χ0n) is 16.6. The number of aromatic nitrogens is 4. The summed E-state index contributed by atoms with van der Waals surface area (Å²) in [4.78, 5) is 15.6. The van der Waals surface area contributed by atoms with Crippen LogP contribution in [-0.2, 0) is 6.54 Å². The van der Waals surface area contributed by atoms with E-state index in [4.69, 9.17) is 4.74 Å². The van der Waals surface area contributed by atoms with Crippen molar-refractivity contribution in [2.75, 3.05) is 19.7 Å². The second-order valence-corrected chi connectivity index (χ2v) is 7.39. The number of carbonyl (C=O) groups is 1. The Balaban J connectivity index is 1.34. The van der Waals surface area contributed by atoms with Gasteiger partial charge in [-0.25, -0.2) is 8.78 Å². The van der Waals surface area contributed by atoms with Crippen molar-refractivity contribution >= 4 is 5.91 Å². The molecule has 31 heavy (non-hydrogen) atoms. The Morgan fingerprint density at radius 3 is 2.74 bits per heavy atom. The van der Waals surface area contributed by atoms with E-state index in [1.54, 1.807) is 17.0 Å². The first kappa shape index (κ1) is 20.9. The summed E-state index contributed by atoms with van der Waals surface area (Å²) in [5.41, 5.74) is 0.917. The molecule has 2 atom stereocenters. The number of nitrogens with zero attached hydrogens (tertiary/aromatic N) is 5. The zero-order valence-corrected chi connectivity index (χ0v) is 16.6. The number of hydrogen-bond acceptors (Lipinski definition) is 6. The number of amides is 1. The Morgan fingerprint density at radius 2 is 2.03 bits per heavy atom. The second-order valence-electron chi connectivity index (χ2n) is 7.39. The topological polar surface area (TPSA) is 93.4 Å². The van der Waals surface area contributed by atoms with E-state index < -0.39 is 17.8 Å². The van der Waals surface area contributed by atoms with Crippen LogP contribution in [0.3, 0.4) is 0 Å². The lowest BCUT2D eigenvalue weighted by Gasteiger charge is -2.18. The summed E-state index contributed by atoms with van der Waals surface area (Å²) in [6.07, 6.45) is 1.08. The van der Waals surface area contributed by atoms with Crippen LogP contribution < -0.4 is 4.74 Å². The molecule has 1 aromatic heterocycles. The maximum absolute atomic E-state index is 14.6. The number of halogens is 2. The van der Waals surface area contributed by atoms with Crippen molar-refractivity contribution in [2.24, 2.45) is 0 Å². The Kier molecular flexibility index (Phi) is 6.17. The summed E-state index contributed by atoms with van der Waals surface area (Å²) in [5, 5.41) is 20.9. The third-order valence-corrected chi connectivity index (χ3v) is 5.20. The van der Waals surface area contributed by atoms with Crippen molar-refractivity contribution < 1.29 is 23.4 Å². The van der Waals surface area contributed by atoms with Gasteiger partial charge in [0.05, 0.1) is 12.1 Å². The molecule has 0 saturated carbocycles. The van der Waals surface area contributed by atoms with Crippen LogP contribution >= 0.6 is 0 Å². The molecule has 1 saturated heterocycles. The number of likely N-dealkylation sites (tertiary alicyclic amines) is 1. The Labute approximate surface area is 177 Å². The van der Waals surface area contributed by atoms with Gasteiger partial charge in [-0.2, -0.15) is 4.80 Å². The Hall–Kier alpha value is -3.40. The van der Waals surface area contributed by atoms with E-state index in [1.165, 1.54) is 35.4 Å². The fraction of sp³-hybridized carbons (Fsp3) is 0.333. The highest BCUT2D eigenvalue weighted by Gasteiger charge is 2.29. The molecule has 2 aromatic carbocycles. The van der Waals surface area contributed by atoms with E-state index in [1.807, 2.05) is 0 Å². The van der Waals surface area contributed by atoms with Crippen LogP contribution in [0.2, 0.25) is 0 Å². The third-order valence-electron chi connectivity index (χ3n) is 5.20. The molecule has 4 rings (SSSR count). The van der Waals surface area contributed by atoms with Crippen molar-refractivity contribution in [3.63, 3.8) is 0 Å². The highest BCUT2D eigenvalue weighted by atomic mass is 19.1. The average Bonchev–Trinajstić information content (AvgIpc) is 3.45. The minimum Gasteiger partial charge on any atom is -0.491 e. The van der Waals surface area contributed by atoms with Gasteiger partial charge >= 0.3 is 0 Å². The zero-order chi connectivity index (χ0) is 21.8. The number of carbonyl (C=O) groups excluding carboxylic acids is 1. The highest BCUT2D eigenvalue weighted by molar-refractivity contribution is 5.94. The van der Waals surface area contributed by atoms with Gasteiger partial charge in [-0.05, 0) is 41.5 Å². The maximum atomic E-state index is 14.6. The number of aliphatic hydroxyl groups excluding tert-OH is 1. The second kappa shape index (κ2) is 9.17. The van der Waals surface area contributed by atoms with E-state index >= 15 is 0 Å². The van der Waals surface area contributed by atoms with E-state index in [9.17, 15) is 18.7 Å². The fourth-order valence-corrected chi connectivity index (χ4v) is 3.59. The number of aliphatic hydroxyl groups is 1. The van der Waals surface area contributed by atoms with Gasteiger partial charge in [0.15, 0.2) is 6.33 Å². The van der Waals surface area contributed by atoms with E-state index in [2.05, 4.69) is 15.4 Å². The smallest absolute Gasteiger partial charge is 0.256 e. The van der Waals surface area contributed by atoms with Gasteiger partial charge in [0.1, 0.15) is 30.1 Å². The van der Waals surface area contributed by atoms with Crippen LogP contribution in [0, 0.1) is 11.6 Å². The molecule has 8 nitrogen and oxygen atoms in total. The largest absolute Gasteiger partial charge is 0.491 e. The highest BCUT2D eigenvalue weighted by Crippen LogP contribution is 2.29. The number of ether oxygens (including phenoxy) is 1. The first-order chi connectivity index (χ1) is 15.0. The van der Waals surface area contributed by atoms with Crippen LogP contribution in [0.4, 0.5) is 8.78 Å². The van der Waals surface area contributed by atoms with E-state index in [0.29, 0.717) is 13.1 Å². The van der Waals surface area contributed by atoms with Gasteiger partial charge in [-0.15, -0.1) is 10.2 Å². The summed E-state index contributed by atoms with van der Waals surface area (Å²) >= 11 is 0. The third kappa shape index (κ3) is 5.02. The van der Waals surface area contributed by atoms with Crippen LogP contribution in [0.25, 0.3) is 0 Å². The first-order valence-electron chi connectivity index (χ1n) is 9.85. The predicted octanol–water partition coefficient (Wildman–Crippen LogP) is 2.02. The van der Waals surface area contributed by atoms with Crippen molar-refractivity contribution in [2.45, 2.75) is 25.0 Å². The normalized spacial score (nSPS) is 17.0. The molecule has 3 aromatic rings. The minimum atomic E-state index is -0.911. The first-order valence-corrected chi connectivity index (χ1v) is 9.85. The summed E-state index contributed by atoms with van der Waals surface area (Å²) in [6, 6.07) is 10.2. The molecular weight excluding hydrogens is 408 g/mol. The molecule has 0 bridgehead atoms. The van der Waals surface area contributed by atoms with Gasteiger partial charge in [-0.3, -0.25) is 4.79 Å². The van der Waals surface area contributed by atoms with Gasteiger partial charge < -0.3 is 14.7 Å². The number of benzene rings is 2. The summed E-state index contributed by atoms with van der Waals surface area (Å²) in [5.74, 6) is -1.10. The minimum absolute atomic E-state index is 0.0422. The lowest BCUT2D eigenvalue weighted by Crippen LogP contribution is -2.29. The van der Waals surface area contributed by atoms with Crippen molar-refractivity contribution in [1.82, 2.24) is 25.1 Å². The van der Waals surface area contributed by atoms with Crippen LogP contribution in [0.1, 0.15) is 28.3 Å². The standard InChI is InChI=1S/C21H21F2N5O3/c22-16-3-1-14(2-4-16)15-7-8-27(10-15)21(30)19-6-5-18(9-20(19)23)31-12-17(29)11-28-25-13-24-26-28/h1-6,9,13,15,17,29H,7-8,10-12H2/t15-,17+/m0/s1. The lowest BCUT2D eigenvalue weighted by atomic mass is 9.98. The molecule has 2 heterocycles. The molecule has 1 aliphatic heterocycles. The molecule has 1 fully saturated rings. The maximum Gasteiger partial charge on any atom is 0.256 e. The van der Waals surface area contributed by atoms with Gasteiger partial charge in [0, 0.05) is 25.1 Å². The predicted molar refractivity (Wildman–Crippen MR) is 105 cm³/mol. The number of hydrogen-bond donors (Lipinski definition) is 1. The lowest BCUT2D eigenvalue weighted by molar-refractivity contribution is 0.0783. The SMILES string of the molecule is O=C(c1ccc(OC[C@H](O)Cn2ncnn2)cc1F)N1CC[C@H](c2ccc(F)cc2)C1. The van der Waals surface area contributed by atoms with Gasteiger partial charge in [0.2, 0.25) is 0 Å². The average molecular weight is 429 g/mol. The number of rotatable bonds is 7. The van der Waals surface area contributed by atoms with E-state index in [-0.39, 0.29) is 36.2 Å². The Bertz CT molecular complexity index is 1030. The molecule has 0 aliphatic carbocycles. The summed E-state index contributed by atoms with van der Waals surface area (Å²) in [6.45, 7) is 0.939. The summed E-state index contributed by atoms with van der Waals surface area (Å²) < 4.78 is 33.1. The van der Waals surface area contributed by atoms with Crippen LogP contribution in [0.5, 0.6) is 5.75 Å². The van der Waals surface area contributed by atoms with Crippen molar-refractivity contribution in [1.29, 1.82) is 0 Å². The molecule has 0 unspecified atom stereocenters. The fourth-order valence-electron chi connectivity index (χ4n) is 3.59. The van der Waals surface area contributed by atoms with Gasteiger partial charge in [-0.1, -0.05) is 12.1 Å². The molecule has 10 heteroatoms. The molecule has 1 N–H and O–H groups in total. The van der Waals surface area contributed by atoms with Crippen LogP contribution in [-0.4, -0.2) is 61.9 Å². The molecule has 162 valence electrons. The van der Waals surface area contributed by atoms with E-state index in [0.717, 1.165) is 18.1 Å². The van der Waals surface area contributed by atoms with Crippen LogP contribution in [0.15, 0.2) is 48.8 Å².